The molecule has 0 atom stereocenters. The van der Waals surface area contributed by atoms with Gasteiger partial charge in [-0.25, -0.2) is 4.39 Å². The van der Waals surface area contributed by atoms with E-state index in [9.17, 15) is 9.18 Å². The molecule has 1 N–H and O–H groups in total. The molecule has 0 saturated heterocycles. The van der Waals surface area contributed by atoms with Crippen molar-refractivity contribution in [1.82, 2.24) is 5.32 Å². The minimum absolute atomic E-state index is 0.0755. The van der Waals surface area contributed by atoms with Gasteiger partial charge in [0.1, 0.15) is 11.6 Å². The summed E-state index contributed by atoms with van der Waals surface area (Å²) in [5.41, 5.74) is 0.889. The number of carbonyl (C=O) groups is 1. The number of amides is 1. The van der Waals surface area contributed by atoms with Gasteiger partial charge in [0.25, 0.3) is 0 Å². The molecule has 0 spiro atoms. The molecule has 2 aromatic rings. The molecule has 0 bridgehead atoms. The molecule has 1 amide bonds. The van der Waals surface area contributed by atoms with Gasteiger partial charge in [-0.1, -0.05) is 6.07 Å². The van der Waals surface area contributed by atoms with Gasteiger partial charge < -0.3 is 10.1 Å². The summed E-state index contributed by atoms with van der Waals surface area (Å²) in [6.45, 7) is 1.98. The number of ether oxygens (including phenoxy) is 1. The lowest BCUT2D eigenvalue weighted by Gasteiger charge is -2.10. The van der Waals surface area contributed by atoms with E-state index in [4.69, 9.17) is 4.74 Å². The Balaban J connectivity index is 1.89. The van der Waals surface area contributed by atoms with Gasteiger partial charge >= 0.3 is 0 Å². The first-order chi connectivity index (χ1) is 10.1. The quantitative estimate of drug-likeness (QED) is 0.917. The van der Waals surface area contributed by atoms with E-state index in [2.05, 4.69) is 5.32 Å². The Labute approximate surface area is 123 Å². The standard InChI is InChI=1S/C17H18FNO2/c1-11(20)19-7-6-13-9-14(18)8-12-2-3-16(10-17(12)13)21-15-4-5-15/h2-3,8-10,15H,4-7H2,1H3,(H,19,20). The van der Waals surface area contributed by atoms with Gasteiger partial charge in [0.05, 0.1) is 6.10 Å². The summed E-state index contributed by atoms with van der Waals surface area (Å²) in [7, 11) is 0. The topological polar surface area (TPSA) is 38.3 Å². The summed E-state index contributed by atoms with van der Waals surface area (Å²) >= 11 is 0. The minimum atomic E-state index is -0.254. The van der Waals surface area contributed by atoms with E-state index < -0.39 is 0 Å². The summed E-state index contributed by atoms with van der Waals surface area (Å²) in [6, 6.07) is 8.80. The zero-order valence-corrected chi connectivity index (χ0v) is 12.0. The van der Waals surface area contributed by atoms with Crippen LogP contribution in [-0.2, 0) is 11.2 Å². The molecule has 3 nitrogen and oxygen atoms in total. The summed E-state index contributed by atoms with van der Waals surface area (Å²) < 4.78 is 19.5. The second-order valence-corrected chi connectivity index (χ2v) is 5.50. The molecule has 1 saturated carbocycles. The molecule has 1 fully saturated rings. The fraction of sp³-hybridized carbons (Fsp3) is 0.353. The maximum Gasteiger partial charge on any atom is 0.216 e. The molecule has 0 radical (unpaired) electrons. The third-order valence-electron chi connectivity index (χ3n) is 3.57. The maximum absolute atomic E-state index is 13.7. The number of fused-ring (bicyclic) bond motifs is 1. The largest absolute Gasteiger partial charge is 0.490 e. The highest BCUT2D eigenvalue weighted by Crippen LogP contribution is 2.30. The Morgan fingerprint density at radius 1 is 1.33 bits per heavy atom. The van der Waals surface area contributed by atoms with Crippen LogP contribution < -0.4 is 10.1 Å². The monoisotopic (exact) mass is 287 g/mol. The molecule has 1 aliphatic carbocycles. The third-order valence-corrected chi connectivity index (χ3v) is 3.57. The molecule has 110 valence electrons. The molecule has 3 rings (SSSR count). The molecule has 4 heteroatoms. The average Bonchev–Trinajstić information content (AvgIpc) is 3.23. The number of benzene rings is 2. The van der Waals surface area contributed by atoms with Crippen molar-refractivity contribution in [1.29, 1.82) is 0 Å². The third kappa shape index (κ3) is 3.51. The first kappa shape index (κ1) is 13.9. The highest BCUT2D eigenvalue weighted by atomic mass is 19.1. The Morgan fingerprint density at radius 3 is 2.86 bits per heavy atom. The van der Waals surface area contributed by atoms with Crippen LogP contribution in [0, 0.1) is 5.82 Å². The van der Waals surface area contributed by atoms with Crippen LogP contribution in [0.2, 0.25) is 0 Å². The van der Waals surface area contributed by atoms with Crippen LogP contribution >= 0.6 is 0 Å². The van der Waals surface area contributed by atoms with E-state index in [0.717, 1.165) is 34.9 Å². The zero-order valence-electron chi connectivity index (χ0n) is 12.0. The molecule has 0 unspecified atom stereocenters. The summed E-state index contributed by atoms with van der Waals surface area (Å²) in [5.74, 6) is 0.502. The van der Waals surface area contributed by atoms with Crippen LogP contribution in [0.3, 0.4) is 0 Å². The van der Waals surface area contributed by atoms with Gasteiger partial charge in [0.15, 0.2) is 0 Å². The minimum Gasteiger partial charge on any atom is -0.490 e. The molecule has 1 aliphatic rings. The average molecular weight is 287 g/mol. The van der Waals surface area contributed by atoms with Crippen molar-refractivity contribution in [2.75, 3.05) is 6.54 Å². The number of rotatable bonds is 5. The van der Waals surface area contributed by atoms with Crippen molar-refractivity contribution in [3.8, 4) is 5.75 Å². The smallest absolute Gasteiger partial charge is 0.216 e. The Bertz CT molecular complexity index is 680. The van der Waals surface area contributed by atoms with Crippen LogP contribution in [0.4, 0.5) is 4.39 Å². The van der Waals surface area contributed by atoms with E-state index in [1.54, 1.807) is 0 Å². The van der Waals surface area contributed by atoms with E-state index in [1.807, 2.05) is 18.2 Å². The highest BCUT2D eigenvalue weighted by Gasteiger charge is 2.23. The fourth-order valence-corrected chi connectivity index (χ4v) is 2.41. The number of nitrogens with one attached hydrogen (secondary N) is 1. The Hall–Kier alpha value is -2.10. The van der Waals surface area contributed by atoms with Gasteiger partial charge in [-0.15, -0.1) is 0 Å². The number of hydrogen-bond donors (Lipinski definition) is 1. The van der Waals surface area contributed by atoms with Crippen LogP contribution in [-0.4, -0.2) is 18.6 Å². The number of hydrogen-bond acceptors (Lipinski definition) is 2. The molecule has 21 heavy (non-hydrogen) atoms. The van der Waals surface area contributed by atoms with Crippen LogP contribution in [0.15, 0.2) is 30.3 Å². The van der Waals surface area contributed by atoms with Crippen molar-refractivity contribution in [2.24, 2.45) is 0 Å². The van der Waals surface area contributed by atoms with Crippen molar-refractivity contribution in [3.05, 3.63) is 41.7 Å². The first-order valence-corrected chi connectivity index (χ1v) is 7.25. The van der Waals surface area contributed by atoms with Gasteiger partial charge in [-0.2, -0.15) is 0 Å². The van der Waals surface area contributed by atoms with Crippen molar-refractivity contribution in [3.63, 3.8) is 0 Å². The zero-order chi connectivity index (χ0) is 14.8. The first-order valence-electron chi connectivity index (χ1n) is 7.25. The highest BCUT2D eigenvalue weighted by molar-refractivity contribution is 5.87. The fourth-order valence-electron chi connectivity index (χ4n) is 2.41. The van der Waals surface area contributed by atoms with Crippen molar-refractivity contribution in [2.45, 2.75) is 32.3 Å². The number of halogens is 1. The van der Waals surface area contributed by atoms with Crippen LogP contribution in [0.1, 0.15) is 25.3 Å². The lowest BCUT2D eigenvalue weighted by molar-refractivity contribution is -0.118. The van der Waals surface area contributed by atoms with Gasteiger partial charge in [0.2, 0.25) is 5.91 Å². The van der Waals surface area contributed by atoms with Gasteiger partial charge in [0, 0.05) is 13.5 Å². The second kappa shape index (κ2) is 5.72. The second-order valence-electron chi connectivity index (χ2n) is 5.50. The summed E-state index contributed by atoms with van der Waals surface area (Å²) in [4.78, 5) is 10.9. The summed E-state index contributed by atoms with van der Waals surface area (Å²) in [5, 5.41) is 4.59. The lowest BCUT2D eigenvalue weighted by atomic mass is 10.0. The molecule has 0 aliphatic heterocycles. The van der Waals surface area contributed by atoms with E-state index in [0.29, 0.717) is 19.1 Å². The van der Waals surface area contributed by atoms with E-state index in [1.165, 1.54) is 19.1 Å². The Kier molecular flexibility index (Phi) is 3.78. The van der Waals surface area contributed by atoms with Crippen molar-refractivity contribution < 1.29 is 13.9 Å². The summed E-state index contributed by atoms with van der Waals surface area (Å²) in [6.07, 6.45) is 3.15. The van der Waals surface area contributed by atoms with Crippen molar-refractivity contribution >= 4 is 16.7 Å². The van der Waals surface area contributed by atoms with E-state index >= 15 is 0 Å². The molecular formula is C17H18FNO2. The lowest BCUT2D eigenvalue weighted by Crippen LogP contribution is -2.22. The van der Waals surface area contributed by atoms with Gasteiger partial charge in [-0.3, -0.25) is 4.79 Å². The van der Waals surface area contributed by atoms with Crippen LogP contribution in [0.5, 0.6) is 5.75 Å². The Morgan fingerprint density at radius 2 is 2.14 bits per heavy atom. The maximum atomic E-state index is 13.7. The molecule has 2 aromatic carbocycles. The SMILES string of the molecule is CC(=O)NCCc1cc(F)cc2ccc(OC3CC3)cc12. The van der Waals surface area contributed by atoms with Gasteiger partial charge in [-0.05, 0) is 59.9 Å². The molecule has 0 heterocycles. The number of carbonyl (C=O) groups excluding carboxylic acids is 1. The predicted octanol–water partition coefficient (Wildman–Crippen LogP) is 3.20. The molecule has 0 aromatic heterocycles. The van der Waals surface area contributed by atoms with Crippen LogP contribution in [0.25, 0.3) is 10.8 Å². The normalized spacial score (nSPS) is 14.2. The van der Waals surface area contributed by atoms with E-state index in [-0.39, 0.29) is 11.7 Å². The molecular weight excluding hydrogens is 269 g/mol. The predicted molar refractivity (Wildman–Crippen MR) is 79.9 cm³/mol.